The van der Waals surface area contributed by atoms with E-state index < -0.39 is 17.6 Å². The van der Waals surface area contributed by atoms with Gasteiger partial charge in [-0.05, 0) is 49.5 Å². The molecule has 0 unspecified atom stereocenters. The first-order valence-corrected chi connectivity index (χ1v) is 9.63. The molecule has 1 aliphatic heterocycles. The molecule has 6 nitrogen and oxygen atoms in total. The van der Waals surface area contributed by atoms with Gasteiger partial charge < -0.3 is 4.42 Å². The van der Waals surface area contributed by atoms with E-state index in [-0.39, 0.29) is 27.9 Å². The number of carbonyl (C=O) groups is 3. The molecule has 2 amide bonds. The van der Waals surface area contributed by atoms with E-state index in [0.29, 0.717) is 11.3 Å². The molecule has 0 aliphatic carbocycles. The molecule has 154 valence electrons. The van der Waals surface area contributed by atoms with Crippen molar-refractivity contribution < 1.29 is 23.2 Å². The summed E-state index contributed by atoms with van der Waals surface area (Å²) in [5.74, 6) is -1.41. The second-order valence-electron chi connectivity index (χ2n) is 6.74. The van der Waals surface area contributed by atoms with E-state index in [1.54, 1.807) is 42.5 Å². The molecule has 31 heavy (non-hydrogen) atoms. The SMILES string of the molecule is CC(=O)c1ccc(-c2ccc(/C=C3\C(=O)NC(=S)N(c4ccccc4F)C3=O)o2)cc1. The molecule has 0 radical (unpaired) electrons. The highest BCUT2D eigenvalue weighted by Gasteiger charge is 2.35. The molecule has 1 saturated heterocycles. The van der Waals surface area contributed by atoms with Crippen LogP contribution in [-0.2, 0) is 9.59 Å². The van der Waals surface area contributed by atoms with Crippen molar-refractivity contribution in [2.75, 3.05) is 4.90 Å². The Kier molecular flexibility index (Phi) is 5.31. The third kappa shape index (κ3) is 3.93. The van der Waals surface area contributed by atoms with Gasteiger partial charge in [0.25, 0.3) is 11.8 Å². The summed E-state index contributed by atoms with van der Waals surface area (Å²) >= 11 is 5.07. The predicted molar refractivity (Wildman–Crippen MR) is 117 cm³/mol. The van der Waals surface area contributed by atoms with E-state index in [2.05, 4.69) is 5.32 Å². The molecular formula is C23H15FN2O4S. The minimum Gasteiger partial charge on any atom is -0.457 e. The lowest BCUT2D eigenvalue weighted by atomic mass is 10.1. The number of anilines is 1. The van der Waals surface area contributed by atoms with Gasteiger partial charge in [-0.15, -0.1) is 0 Å². The Hall–Kier alpha value is -3.91. The largest absolute Gasteiger partial charge is 0.457 e. The number of hydrogen-bond acceptors (Lipinski definition) is 5. The molecule has 3 aromatic rings. The number of thiocarbonyl (C=S) groups is 1. The summed E-state index contributed by atoms with van der Waals surface area (Å²) in [5, 5.41) is 2.19. The van der Waals surface area contributed by atoms with Crippen molar-refractivity contribution in [3.63, 3.8) is 0 Å². The first-order chi connectivity index (χ1) is 14.8. The molecule has 0 bridgehead atoms. The van der Waals surface area contributed by atoms with Crippen molar-refractivity contribution >= 4 is 46.7 Å². The fourth-order valence-corrected chi connectivity index (χ4v) is 3.38. The molecule has 4 rings (SSSR count). The van der Waals surface area contributed by atoms with Crippen molar-refractivity contribution in [1.29, 1.82) is 0 Å². The van der Waals surface area contributed by atoms with E-state index in [0.717, 1.165) is 10.5 Å². The Morgan fingerprint density at radius 2 is 1.77 bits per heavy atom. The van der Waals surface area contributed by atoms with Gasteiger partial charge in [0.2, 0.25) is 0 Å². The molecule has 1 N–H and O–H groups in total. The van der Waals surface area contributed by atoms with Gasteiger partial charge in [0.05, 0.1) is 5.69 Å². The fraction of sp³-hybridized carbons (Fsp3) is 0.0435. The Morgan fingerprint density at radius 1 is 1.06 bits per heavy atom. The van der Waals surface area contributed by atoms with Gasteiger partial charge in [-0.3, -0.25) is 19.7 Å². The summed E-state index contributed by atoms with van der Waals surface area (Å²) in [7, 11) is 0. The van der Waals surface area contributed by atoms with Crippen LogP contribution < -0.4 is 10.2 Å². The van der Waals surface area contributed by atoms with Crippen LogP contribution in [0.25, 0.3) is 17.4 Å². The molecule has 2 heterocycles. The number of nitrogens with one attached hydrogen (secondary N) is 1. The van der Waals surface area contributed by atoms with Crippen LogP contribution in [0.1, 0.15) is 23.0 Å². The first kappa shape index (κ1) is 20.4. The zero-order chi connectivity index (χ0) is 22.1. The average Bonchev–Trinajstić information content (AvgIpc) is 3.21. The van der Waals surface area contributed by atoms with E-state index in [4.69, 9.17) is 16.6 Å². The Bertz CT molecular complexity index is 1260. The van der Waals surface area contributed by atoms with Crippen LogP contribution in [0.15, 0.2) is 70.7 Å². The van der Waals surface area contributed by atoms with Gasteiger partial charge in [-0.2, -0.15) is 0 Å². The number of furan rings is 1. The van der Waals surface area contributed by atoms with Crippen LogP contribution in [0.2, 0.25) is 0 Å². The van der Waals surface area contributed by atoms with Crippen LogP contribution in [-0.4, -0.2) is 22.7 Å². The second-order valence-corrected chi connectivity index (χ2v) is 7.13. The number of ketones is 1. The summed E-state index contributed by atoms with van der Waals surface area (Å²) in [4.78, 5) is 37.7. The van der Waals surface area contributed by atoms with Gasteiger partial charge in [-0.1, -0.05) is 36.4 Å². The molecule has 1 aromatic heterocycles. The van der Waals surface area contributed by atoms with Crippen molar-refractivity contribution in [3.05, 3.63) is 83.4 Å². The van der Waals surface area contributed by atoms with Crippen molar-refractivity contribution in [2.24, 2.45) is 0 Å². The quantitative estimate of drug-likeness (QED) is 0.289. The second kappa shape index (κ2) is 8.08. The van der Waals surface area contributed by atoms with Gasteiger partial charge in [-0.25, -0.2) is 9.29 Å². The van der Waals surface area contributed by atoms with E-state index >= 15 is 0 Å². The minimum atomic E-state index is -0.761. The minimum absolute atomic E-state index is 0.0458. The van der Waals surface area contributed by atoms with Crippen LogP contribution in [0, 0.1) is 5.82 Å². The molecule has 0 spiro atoms. The summed E-state index contributed by atoms with van der Waals surface area (Å²) in [5.41, 5.74) is 0.994. The summed E-state index contributed by atoms with van der Waals surface area (Å²) in [6, 6.07) is 15.8. The third-order valence-corrected chi connectivity index (χ3v) is 4.97. The number of benzene rings is 2. The highest BCUT2D eigenvalue weighted by atomic mass is 32.1. The number of nitrogens with zero attached hydrogens (tertiary/aromatic N) is 1. The number of para-hydroxylation sites is 1. The molecule has 0 atom stereocenters. The third-order valence-electron chi connectivity index (χ3n) is 4.68. The van der Waals surface area contributed by atoms with E-state index in [1.807, 2.05) is 0 Å². The summed E-state index contributed by atoms with van der Waals surface area (Å²) < 4.78 is 20.0. The molecule has 1 aliphatic rings. The number of rotatable bonds is 4. The van der Waals surface area contributed by atoms with E-state index in [1.165, 1.54) is 31.2 Å². The van der Waals surface area contributed by atoms with Crippen LogP contribution >= 0.6 is 12.2 Å². The fourth-order valence-electron chi connectivity index (χ4n) is 3.11. The smallest absolute Gasteiger partial charge is 0.270 e. The Balaban J connectivity index is 1.65. The number of amides is 2. The zero-order valence-corrected chi connectivity index (χ0v) is 17.0. The van der Waals surface area contributed by atoms with Crippen LogP contribution in [0.3, 0.4) is 0 Å². The van der Waals surface area contributed by atoms with Crippen molar-refractivity contribution in [3.8, 4) is 11.3 Å². The standard InChI is InChI=1S/C23H15FN2O4S/c1-13(27)14-6-8-15(9-7-14)20-11-10-16(30-20)12-17-21(28)25-23(31)26(22(17)29)19-5-3-2-4-18(19)24/h2-12H,1H3,(H,25,28,31)/b17-12+. The van der Waals surface area contributed by atoms with Crippen molar-refractivity contribution in [2.45, 2.75) is 6.92 Å². The molecule has 0 saturated carbocycles. The highest BCUT2D eigenvalue weighted by molar-refractivity contribution is 7.80. The molecular weight excluding hydrogens is 419 g/mol. The maximum atomic E-state index is 14.2. The zero-order valence-electron chi connectivity index (χ0n) is 16.2. The van der Waals surface area contributed by atoms with Gasteiger partial charge in [0.15, 0.2) is 10.9 Å². The van der Waals surface area contributed by atoms with Gasteiger partial charge >= 0.3 is 0 Å². The van der Waals surface area contributed by atoms with Gasteiger partial charge in [0, 0.05) is 11.1 Å². The van der Waals surface area contributed by atoms with Crippen molar-refractivity contribution in [1.82, 2.24) is 5.32 Å². The maximum absolute atomic E-state index is 14.2. The topological polar surface area (TPSA) is 79.6 Å². The lowest BCUT2D eigenvalue weighted by molar-refractivity contribution is -0.122. The molecule has 1 fully saturated rings. The summed E-state index contributed by atoms with van der Waals surface area (Å²) in [6.07, 6.45) is 1.28. The average molecular weight is 434 g/mol. The highest BCUT2D eigenvalue weighted by Crippen LogP contribution is 2.27. The lowest BCUT2D eigenvalue weighted by Gasteiger charge is -2.28. The van der Waals surface area contributed by atoms with Crippen LogP contribution in [0.5, 0.6) is 0 Å². The lowest BCUT2D eigenvalue weighted by Crippen LogP contribution is -2.54. The van der Waals surface area contributed by atoms with Crippen LogP contribution in [0.4, 0.5) is 10.1 Å². The maximum Gasteiger partial charge on any atom is 0.270 e. The Morgan fingerprint density at radius 3 is 2.45 bits per heavy atom. The first-order valence-electron chi connectivity index (χ1n) is 9.22. The van der Waals surface area contributed by atoms with E-state index in [9.17, 15) is 18.8 Å². The number of carbonyl (C=O) groups excluding carboxylic acids is 3. The predicted octanol–water partition coefficient (Wildman–Crippen LogP) is 4.12. The van der Waals surface area contributed by atoms with Gasteiger partial charge in [0.1, 0.15) is 22.9 Å². The number of halogens is 1. The molecule has 2 aromatic carbocycles. The molecule has 8 heteroatoms. The normalized spacial score (nSPS) is 15.4. The monoisotopic (exact) mass is 434 g/mol. The summed E-state index contributed by atoms with van der Waals surface area (Å²) in [6.45, 7) is 1.48. The Labute approximate surface area is 182 Å². The number of hydrogen-bond donors (Lipinski definition) is 1. The number of Topliss-reactive ketones (excluding diaryl/α,β-unsaturated/α-hetero) is 1.